The van der Waals surface area contributed by atoms with Crippen LogP contribution in [0.15, 0.2) is 18.2 Å². The predicted molar refractivity (Wildman–Crippen MR) is 77.0 cm³/mol. The standard InChI is InChI=1S/C15H25FN2O/c1-12(6-8-17)11-18(2)9-7-13-4-5-15(19-3)14(16)10-13/h4-5,10,12H,6-9,11,17H2,1-3H3. The normalized spacial score (nSPS) is 12.7. The lowest BCUT2D eigenvalue weighted by molar-refractivity contribution is 0.282. The van der Waals surface area contributed by atoms with Gasteiger partial charge >= 0.3 is 0 Å². The van der Waals surface area contributed by atoms with Gasteiger partial charge < -0.3 is 15.4 Å². The molecule has 0 aliphatic carbocycles. The third-order valence-corrected chi connectivity index (χ3v) is 3.28. The molecular weight excluding hydrogens is 243 g/mol. The van der Waals surface area contributed by atoms with Crippen LogP contribution in [0.4, 0.5) is 4.39 Å². The second kappa shape index (κ2) is 8.12. The average Bonchev–Trinajstić information content (AvgIpc) is 2.36. The summed E-state index contributed by atoms with van der Waals surface area (Å²) in [6.07, 6.45) is 1.88. The number of likely N-dealkylation sites (N-methyl/N-ethyl adjacent to an activating group) is 1. The van der Waals surface area contributed by atoms with E-state index in [-0.39, 0.29) is 5.82 Å². The molecule has 0 heterocycles. The van der Waals surface area contributed by atoms with Gasteiger partial charge in [-0.15, -0.1) is 0 Å². The quantitative estimate of drug-likeness (QED) is 0.786. The topological polar surface area (TPSA) is 38.5 Å². The fraction of sp³-hybridized carbons (Fsp3) is 0.600. The number of rotatable bonds is 8. The van der Waals surface area contributed by atoms with Crippen LogP contribution in [-0.2, 0) is 6.42 Å². The molecule has 1 atom stereocenters. The van der Waals surface area contributed by atoms with Crippen LogP contribution in [0.5, 0.6) is 5.75 Å². The van der Waals surface area contributed by atoms with Crippen molar-refractivity contribution in [2.45, 2.75) is 19.8 Å². The first-order chi connectivity index (χ1) is 9.06. The van der Waals surface area contributed by atoms with Crippen LogP contribution in [0.2, 0.25) is 0 Å². The third kappa shape index (κ3) is 5.57. The maximum absolute atomic E-state index is 13.5. The Morgan fingerprint density at radius 3 is 2.74 bits per heavy atom. The van der Waals surface area contributed by atoms with Gasteiger partial charge in [0.2, 0.25) is 0 Å². The first kappa shape index (κ1) is 15.9. The number of nitrogens with zero attached hydrogens (tertiary/aromatic N) is 1. The Balaban J connectivity index is 2.41. The molecule has 0 aliphatic rings. The van der Waals surface area contributed by atoms with Crippen molar-refractivity contribution in [2.75, 3.05) is 33.8 Å². The summed E-state index contributed by atoms with van der Waals surface area (Å²) in [6, 6.07) is 5.15. The number of methoxy groups -OCH3 is 1. The van der Waals surface area contributed by atoms with E-state index in [0.29, 0.717) is 11.7 Å². The number of nitrogens with two attached hydrogens (primary N) is 1. The molecule has 1 rings (SSSR count). The molecule has 4 heteroatoms. The fourth-order valence-electron chi connectivity index (χ4n) is 2.18. The Kier molecular flexibility index (Phi) is 6.81. The average molecular weight is 268 g/mol. The smallest absolute Gasteiger partial charge is 0.165 e. The molecule has 0 aromatic heterocycles. The fourth-order valence-corrected chi connectivity index (χ4v) is 2.18. The van der Waals surface area contributed by atoms with Crippen LogP contribution in [0.1, 0.15) is 18.9 Å². The van der Waals surface area contributed by atoms with Crippen molar-refractivity contribution in [1.29, 1.82) is 0 Å². The Hall–Kier alpha value is -1.13. The van der Waals surface area contributed by atoms with Gasteiger partial charge in [0.1, 0.15) is 0 Å². The number of ether oxygens (including phenoxy) is 1. The molecule has 0 amide bonds. The molecule has 2 N–H and O–H groups in total. The van der Waals surface area contributed by atoms with Crippen molar-refractivity contribution in [3.63, 3.8) is 0 Å². The minimum absolute atomic E-state index is 0.292. The van der Waals surface area contributed by atoms with Gasteiger partial charge in [0.05, 0.1) is 7.11 Å². The lowest BCUT2D eigenvalue weighted by atomic mass is 10.1. The van der Waals surface area contributed by atoms with Crippen LogP contribution in [0, 0.1) is 11.7 Å². The minimum Gasteiger partial charge on any atom is -0.494 e. The zero-order valence-corrected chi connectivity index (χ0v) is 12.2. The molecule has 0 radical (unpaired) electrons. The van der Waals surface area contributed by atoms with Crippen LogP contribution in [-0.4, -0.2) is 38.7 Å². The number of benzene rings is 1. The monoisotopic (exact) mass is 268 g/mol. The van der Waals surface area contributed by atoms with E-state index in [1.54, 1.807) is 12.1 Å². The molecule has 19 heavy (non-hydrogen) atoms. The molecule has 0 fully saturated rings. The maximum Gasteiger partial charge on any atom is 0.165 e. The molecule has 1 aromatic rings. The van der Waals surface area contributed by atoms with E-state index in [2.05, 4.69) is 18.9 Å². The Bertz CT molecular complexity index is 384. The Labute approximate surface area is 115 Å². The van der Waals surface area contributed by atoms with Crippen molar-refractivity contribution in [3.05, 3.63) is 29.6 Å². The number of hydrogen-bond donors (Lipinski definition) is 1. The van der Waals surface area contributed by atoms with E-state index >= 15 is 0 Å². The van der Waals surface area contributed by atoms with Crippen molar-refractivity contribution in [2.24, 2.45) is 11.7 Å². The van der Waals surface area contributed by atoms with Gasteiger partial charge in [-0.05, 0) is 50.0 Å². The van der Waals surface area contributed by atoms with Crippen LogP contribution in [0.3, 0.4) is 0 Å². The molecule has 0 bridgehead atoms. The van der Waals surface area contributed by atoms with E-state index < -0.39 is 0 Å². The van der Waals surface area contributed by atoms with Crippen molar-refractivity contribution in [3.8, 4) is 5.75 Å². The molecule has 0 saturated carbocycles. The lowest BCUT2D eigenvalue weighted by Gasteiger charge is -2.21. The second-order valence-electron chi connectivity index (χ2n) is 5.16. The number of hydrogen-bond acceptors (Lipinski definition) is 3. The molecular formula is C15H25FN2O. The highest BCUT2D eigenvalue weighted by atomic mass is 19.1. The van der Waals surface area contributed by atoms with Crippen LogP contribution >= 0.6 is 0 Å². The SMILES string of the molecule is COc1ccc(CCN(C)CC(C)CCN)cc1F. The van der Waals surface area contributed by atoms with Gasteiger partial charge in [0.15, 0.2) is 11.6 Å². The first-order valence-corrected chi connectivity index (χ1v) is 6.77. The van der Waals surface area contributed by atoms with E-state index in [1.165, 1.54) is 7.11 Å². The Morgan fingerprint density at radius 1 is 1.42 bits per heavy atom. The first-order valence-electron chi connectivity index (χ1n) is 6.77. The van der Waals surface area contributed by atoms with E-state index in [4.69, 9.17) is 10.5 Å². The summed E-state index contributed by atoms with van der Waals surface area (Å²) in [5.74, 6) is 0.607. The van der Waals surface area contributed by atoms with Gasteiger partial charge in [0.25, 0.3) is 0 Å². The highest BCUT2D eigenvalue weighted by Gasteiger charge is 2.07. The lowest BCUT2D eigenvalue weighted by Crippen LogP contribution is -2.27. The van der Waals surface area contributed by atoms with Crippen LogP contribution < -0.4 is 10.5 Å². The number of halogens is 1. The van der Waals surface area contributed by atoms with Crippen molar-refractivity contribution < 1.29 is 9.13 Å². The second-order valence-corrected chi connectivity index (χ2v) is 5.16. The van der Waals surface area contributed by atoms with Crippen LogP contribution in [0.25, 0.3) is 0 Å². The van der Waals surface area contributed by atoms with Gasteiger partial charge in [-0.25, -0.2) is 4.39 Å². The summed E-state index contributed by atoms with van der Waals surface area (Å²) in [5.41, 5.74) is 6.54. The molecule has 0 saturated heterocycles. The minimum atomic E-state index is -0.292. The van der Waals surface area contributed by atoms with Gasteiger partial charge in [-0.2, -0.15) is 0 Å². The highest BCUT2D eigenvalue weighted by Crippen LogP contribution is 2.18. The summed E-state index contributed by atoms with van der Waals surface area (Å²) < 4.78 is 18.4. The largest absolute Gasteiger partial charge is 0.494 e. The molecule has 1 unspecified atom stereocenters. The summed E-state index contributed by atoms with van der Waals surface area (Å²) in [7, 11) is 3.57. The van der Waals surface area contributed by atoms with E-state index in [1.807, 2.05) is 6.07 Å². The van der Waals surface area contributed by atoms with Crippen molar-refractivity contribution in [1.82, 2.24) is 4.90 Å². The molecule has 0 aliphatic heterocycles. The van der Waals surface area contributed by atoms with Crippen molar-refractivity contribution >= 4 is 0 Å². The zero-order valence-electron chi connectivity index (χ0n) is 12.2. The van der Waals surface area contributed by atoms with E-state index in [0.717, 1.165) is 38.0 Å². The van der Waals surface area contributed by atoms with Gasteiger partial charge in [-0.3, -0.25) is 0 Å². The predicted octanol–water partition coefficient (Wildman–Crippen LogP) is 2.29. The molecule has 0 spiro atoms. The molecule has 1 aromatic carbocycles. The summed E-state index contributed by atoms with van der Waals surface area (Å²) >= 11 is 0. The summed E-state index contributed by atoms with van der Waals surface area (Å²) in [4.78, 5) is 2.27. The molecule has 108 valence electrons. The van der Waals surface area contributed by atoms with E-state index in [9.17, 15) is 4.39 Å². The van der Waals surface area contributed by atoms with Gasteiger partial charge in [-0.1, -0.05) is 13.0 Å². The zero-order chi connectivity index (χ0) is 14.3. The summed E-state index contributed by atoms with van der Waals surface area (Å²) in [6.45, 7) is 4.88. The summed E-state index contributed by atoms with van der Waals surface area (Å²) in [5, 5.41) is 0. The van der Waals surface area contributed by atoms with Gasteiger partial charge in [0, 0.05) is 13.1 Å². The molecule has 3 nitrogen and oxygen atoms in total. The maximum atomic E-state index is 13.5. The highest BCUT2D eigenvalue weighted by molar-refractivity contribution is 5.29. The third-order valence-electron chi connectivity index (χ3n) is 3.28. The Morgan fingerprint density at radius 2 is 2.16 bits per heavy atom.